The lowest BCUT2D eigenvalue weighted by atomic mass is 10.8. The standard InChI is InChI=1S/C6H12F3O3P/c7-1-4-11-13(10,6-3-9)12-5-2-8/h1-6H2. The third-order valence-electron chi connectivity index (χ3n) is 1.09. The molecule has 0 aromatic heterocycles. The van der Waals surface area contributed by atoms with Crippen LogP contribution in [0.15, 0.2) is 0 Å². The van der Waals surface area contributed by atoms with Crippen LogP contribution < -0.4 is 0 Å². The summed E-state index contributed by atoms with van der Waals surface area (Å²) in [7, 11) is -3.61. The van der Waals surface area contributed by atoms with E-state index in [9.17, 15) is 17.7 Å². The molecule has 0 fully saturated rings. The summed E-state index contributed by atoms with van der Waals surface area (Å²) in [5, 5.41) is 0. The summed E-state index contributed by atoms with van der Waals surface area (Å²) in [6.45, 7) is -3.44. The summed E-state index contributed by atoms with van der Waals surface area (Å²) >= 11 is 0. The zero-order valence-corrected chi connectivity index (χ0v) is 7.94. The molecule has 0 radical (unpaired) electrons. The average Bonchev–Trinajstić information content (AvgIpc) is 2.12. The summed E-state index contributed by atoms with van der Waals surface area (Å²) in [4.78, 5) is 0. The lowest BCUT2D eigenvalue weighted by Gasteiger charge is -2.15. The maximum Gasteiger partial charge on any atom is 0.333 e. The van der Waals surface area contributed by atoms with Gasteiger partial charge in [-0.3, -0.25) is 8.96 Å². The molecule has 0 aliphatic carbocycles. The van der Waals surface area contributed by atoms with Crippen molar-refractivity contribution in [2.24, 2.45) is 0 Å². The minimum absolute atomic E-state index is 0.427. The van der Waals surface area contributed by atoms with Gasteiger partial charge in [-0.1, -0.05) is 0 Å². The Kier molecular flexibility index (Phi) is 7.32. The molecule has 13 heavy (non-hydrogen) atoms. The van der Waals surface area contributed by atoms with Gasteiger partial charge in [-0.15, -0.1) is 0 Å². The first-order chi connectivity index (χ1) is 6.18. The first-order valence-corrected chi connectivity index (χ1v) is 5.47. The number of hydrogen-bond acceptors (Lipinski definition) is 3. The normalized spacial score (nSPS) is 11.9. The number of hydrogen-bond donors (Lipinski definition) is 0. The van der Waals surface area contributed by atoms with Crippen LogP contribution in [0, 0.1) is 0 Å². The Morgan fingerprint density at radius 1 is 0.923 bits per heavy atom. The minimum Gasteiger partial charge on any atom is -0.306 e. The highest BCUT2D eigenvalue weighted by molar-refractivity contribution is 7.53. The molecule has 0 aliphatic rings. The third-order valence-corrected chi connectivity index (χ3v) is 2.96. The van der Waals surface area contributed by atoms with E-state index in [4.69, 9.17) is 0 Å². The number of halogens is 3. The Labute approximate surface area is 74.8 Å². The fourth-order valence-electron chi connectivity index (χ4n) is 0.617. The second-order valence-electron chi connectivity index (χ2n) is 2.07. The highest BCUT2D eigenvalue weighted by atomic mass is 31.2. The first kappa shape index (κ1) is 12.9. The van der Waals surface area contributed by atoms with E-state index >= 15 is 0 Å². The topological polar surface area (TPSA) is 35.5 Å². The maximum absolute atomic E-state index is 11.8. The molecular weight excluding hydrogens is 208 g/mol. The fraction of sp³-hybridized carbons (Fsp3) is 1.00. The molecule has 0 rings (SSSR count). The van der Waals surface area contributed by atoms with Crippen molar-refractivity contribution in [2.75, 3.05) is 39.4 Å². The molecule has 0 aromatic carbocycles. The maximum atomic E-state index is 11.8. The predicted octanol–water partition coefficient (Wildman–Crippen LogP) is 2.12. The van der Waals surface area contributed by atoms with Crippen LogP contribution in [0.2, 0.25) is 0 Å². The summed E-state index contributed by atoms with van der Waals surface area (Å²) in [5.41, 5.74) is 0. The van der Waals surface area contributed by atoms with Gasteiger partial charge in [0.2, 0.25) is 0 Å². The zero-order valence-electron chi connectivity index (χ0n) is 7.05. The van der Waals surface area contributed by atoms with Crippen molar-refractivity contribution >= 4 is 7.60 Å². The summed E-state index contributed by atoms with van der Waals surface area (Å²) in [5.74, 6) is 0. The van der Waals surface area contributed by atoms with Crippen molar-refractivity contribution < 1.29 is 26.8 Å². The molecule has 0 amide bonds. The van der Waals surface area contributed by atoms with Gasteiger partial charge in [0.15, 0.2) is 0 Å². The molecule has 80 valence electrons. The predicted molar refractivity (Wildman–Crippen MR) is 42.3 cm³/mol. The van der Waals surface area contributed by atoms with Crippen LogP contribution in [0.3, 0.4) is 0 Å². The van der Waals surface area contributed by atoms with Crippen molar-refractivity contribution in [1.29, 1.82) is 0 Å². The van der Waals surface area contributed by atoms with Gasteiger partial charge in [0.1, 0.15) is 20.0 Å². The van der Waals surface area contributed by atoms with Crippen LogP contribution in [0.5, 0.6) is 0 Å². The Balaban J connectivity index is 3.92. The first-order valence-electron chi connectivity index (χ1n) is 3.74. The van der Waals surface area contributed by atoms with Crippen molar-refractivity contribution in [3.63, 3.8) is 0 Å². The van der Waals surface area contributed by atoms with Gasteiger partial charge in [-0.2, -0.15) is 0 Å². The number of rotatable bonds is 8. The quantitative estimate of drug-likeness (QED) is 0.588. The second kappa shape index (κ2) is 7.35. The van der Waals surface area contributed by atoms with E-state index < -0.39 is 47.0 Å². The molecule has 0 spiro atoms. The van der Waals surface area contributed by atoms with E-state index in [1.807, 2.05) is 0 Å². The lowest BCUT2D eigenvalue weighted by molar-refractivity contribution is 0.179. The number of alkyl halides is 3. The Morgan fingerprint density at radius 3 is 1.69 bits per heavy atom. The molecule has 0 saturated carbocycles. The van der Waals surface area contributed by atoms with E-state index in [1.165, 1.54) is 0 Å². The second-order valence-corrected chi connectivity index (χ2v) is 4.25. The molecular formula is C6H12F3O3P. The molecule has 0 saturated heterocycles. The van der Waals surface area contributed by atoms with Crippen LogP contribution in [-0.2, 0) is 13.6 Å². The van der Waals surface area contributed by atoms with Crippen molar-refractivity contribution in [2.45, 2.75) is 0 Å². The van der Waals surface area contributed by atoms with Gasteiger partial charge in [-0.25, -0.2) is 8.78 Å². The summed E-state index contributed by atoms with van der Waals surface area (Å²) in [6, 6.07) is 0. The lowest BCUT2D eigenvalue weighted by Crippen LogP contribution is -2.05. The fourth-order valence-corrected chi connectivity index (χ4v) is 1.85. The Bertz CT molecular complexity index is 155. The molecule has 3 nitrogen and oxygen atoms in total. The molecule has 0 atom stereocenters. The molecule has 0 aromatic rings. The van der Waals surface area contributed by atoms with Crippen LogP contribution in [0.4, 0.5) is 13.2 Å². The van der Waals surface area contributed by atoms with Crippen LogP contribution in [0.25, 0.3) is 0 Å². The summed E-state index contributed by atoms with van der Waals surface area (Å²) in [6.07, 6.45) is -0.465. The van der Waals surface area contributed by atoms with E-state index in [0.717, 1.165) is 0 Å². The van der Waals surface area contributed by atoms with Gasteiger partial charge in [0.05, 0.1) is 19.4 Å². The average molecular weight is 220 g/mol. The molecule has 0 bridgehead atoms. The van der Waals surface area contributed by atoms with E-state index in [1.54, 1.807) is 0 Å². The molecule has 0 aliphatic heterocycles. The zero-order chi connectivity index (χ0) is 10.2. The van der Waals surface area contributed by atoms with Gasteiger partial charge in [0, 0.05) is 0 Å². The highest BCUT2D eigenvalue weighted by Gasteiger charge is 2.23. The molecule has 7 heteroatoms. The van der Waals surface area contributed by atoms with Gasteiger partial charge < -0.3 is 9.05 Å². The van der Waals surface area contributed by atoms with Crippen LogP contribution in [-0.4, -0.2) is 39.4 Å². The molecule has 0 heterocycles. The highest BCUT2D eigenvalue weighted by Crippen LogP contribution is 2.47. The van der Waals surface area contributed by atoms with Gasteiger partial charge in [0.25, 0.3) is 0 Å². The van der Waals surface area contributed by atoms with E-state index in [2.05, 4.69) is 9.05 Å². The SMILES string of the molecule is O=P(CCF)(OCCF)OCCF. The van der Waals surface area contributed by atoms with Crippen molar-refractivity contribution in [3.05, 3.63) is 0 Å². The van der Waals surface area contributed by atoms with Crippen molar-refractivity contribution in [1.82, 2.24) is 0 Å². The minimum atomic E-state index is -3.61. The van der Waals surface area contributed by atoms with Crippen LogP contribution in [0.1, 0.15) is 0 Å². The Hall–Kier alpha value is -0.0600. The molecule has 0 unspecified atom stereocenters. The smallest absolute Gasteiger partial charge is 0.306 e. The molecule has 0 N–H and O–H groups in total. The van der Waals surface area contributed by atoms with Gasteiger partial charge >= 0.3 is 7.60 Å². The Morgan fingerprint density at radius 2 is 1.38 bits per heavy atom. The third kappa shape index (κ3) is 6.07. The summed E-state index contributed by atoms with van der Waals surface area (Å²) < 4.78 is 55.3. The largest absolute Gasteiger partial charge is 0.333 e. The van der Waals surface area contributed by atoms with Crippen LogP contribution >= 0.6 is 7.60 Å². The van der Waals surface area contributed by atoms with E-state index in [-0.39, 0.29) is 0 Å². The van der Waals surface area contributed by atoms with E-state index in [0.29, 0.717) is 0 Å². The monoisotopic (exact) mass is 220 g/mol. The van der Waals surface area contributed by atoms with Crippen molar-refractivity contribution in [3.8, 4) is 0 Å². The van der Waals surface area contributed by atoms with Gasteiger partial charge in [-0.05, 0) is 0 Å².